The molecule has 0 bridgehead atoms. The summed E-state index contributed by atoms with van der Waals surface area (Å²) in [5, 5.41) is 0. The van der Waals surface area contributed by atoms with Gasteiger partial charge in [-0.15, -0.1) is 0 Å². The zero-order chi connectivity index (χ0) is 10.6. The van der Waals surface area contributed by atoms with E-state index < -0.39 is 10.1 Å². The van der Waals surface area contributed by atoms with Crippen molar-refractivity contribution in [2.24, 2.45) is 0 Å². The Kier molecular flexibility index (Phi) is 3.66. The van der Waals surface area contributed by atoms with E-state index in [-0.39, 0.29) is 11.7 Å². The van der Waals surface area contributed by atoms with Crippen LogP contribution in [0.4, 0.5) is 0 Å². The molecule has 14 heavy (non-hydrogen) atoms. The molecule has 0 aliphatic rings. The number of hydrogen-bond donors (Lipinski definition) is 0. The van der Waals surface area contributed by atoms with E-state index in [0.717, 1.165) is 5.56 Å². The van der Waals surface area contributed by atoms with Crippen molar-refractivity contribution in [3.8, 4) is 0 Å². The van der Waals surface area contributed by atoms with E-state index in [0.29, 0.717) is 6.42 Å². The van der Waals surface area contributed by atoms with Crippen molar-refractivity contribution in [1.29, 1.82) is 0 Å². The lowest BCUT2D eigenvalue weighted by atomic mass is 9.99. The predicted octanol–water partition coefficient (Wildman–Crippen LogP) is 1.94. The molecule has 77 valence electrons. The summed E-state index contributed by atoms with van der Waals surface area (Å²) in [5.74, 6) is -0.178. The van der Waals surface area contributed by atoms with Gasteiger partial charge >= 0.3 is 0 Å². The van der Waals surface area contributed by atoms with E-state index in [4.69, 9.17) is 0 Å². The van der Waals surface area contributed by atoms with Crippen molar-refractivity contribution >= 4 is 10.1 Å². The maximum Gasteiger partial charge on any atom is 0.294 e. The molecular weight excluding hydrogens is 200 g/mol. The van der Waals surface area contributed by atoms with Crippen LogP contribution in [0, 0.1) is 0 Å². The molecule has 0 N–H and O–H groups in total. The zero-order valence-electron chi connectivity index (χ0n) is 8.01. The molecule has 0 amide bonds. The Morgan fingerprint density at radius 3 is 2.29 bits per heavy atom. The molecule has 0 heterocycles. The highest BCUT2D eigenvalue weighted by Gasteiger charge is 2.11. The van der Waals surface area contributed by atoms with Crippen LogP contribution in [-0.2, 0) is 14.7 Å². The molecule has 0 saturated heterocycles. The summed E-state index contributed by atoms with van der Waals surface area (Å²) in [5.41, 5.74) is 1.07. The van der Waals surface area contributed by atoms with Gasteiger partial charge in [-0.3, -0.25) is 0 Å². The third-order valence-electron chi connectivity index (χ3n) is 2.17. The SMILES string of the molecule is CC(CCS([O])(=O)=O)c1ccccc1. The van der Waals surface area contributed by atoms with Gasteiger partial charge in [-0.1, -0.05) is 41.8 Å². The summed E-state index contributed by atoms with van der Waals surface area (Å²) in [7, 11) is -4.08. The average molecular weight is 213 g/mol. The van der Waals surface area contributed by atoms with E-state index in [9.17, 15) is 13.0 Å². The van der Waals surface area contributed by atoms with Gasteiger partial charge in [0.15, 0.2) is 0 Å². The fourth-order valence-corrected chi connectivity index (χ4v) is 1.91. The van der Waals surface area contributed by atoms with E-state index in [1.165, 1.54) is 0 Å². The Morgan fingerprint density at radius 2 is 1.79 bits per heavy atom. The summed E-state index contributed by atoms with van der Waals surface area (Å²) >= 11 is 0. The van der Waals surface area contributed by atoms with E-state index >= 15 is 0 Å². The zero-order valence-corrected chi connectivity index (χ0v) is 8.83. The summed E-state index contributed by atoms with van der Waals surface area (Å²) < 4.78 is 31.2. The van der Waals surface area contributed by atoms with Crippen LogP contribution < -0.4 is 0 Å². The van der Waals surface area contributed by atoms with Crippen molar-refractivity contribution in [3.63, 3.8) is 0 Å². The Balaban J connectivity index is 2.56. The first kappa shape index (κ1) is 11.2. The lowest BCUT2D eigenvalue weighted by Crippen LogP contribution is -2.06. The van der Waals surface area contributed by atoms with Crippen molar-refractivity contribution in [2.75, 3.05) is 5.75 Å². The highest BCUT2D eigenvalue weighted by atomic mass is 32.2. The molecule has 1 atom stereocenters. The fourth-order valence-electron chi connectivity index (χ4n) is 1.27. The predicted molar refractivity (Wildman–Crippen MR) is 53.9 cm³/mol. The van der Waals surface area contributed by atoms with E-state index in [1.54, 1.807) is 0 Å². The van der Waals surface area contributed by atoms with Crippen LogP contribution >= 0.6 is 0 Å². The van der Waals surface area contributed by atoms with Crippen molar-refractivity contribution in [1.82, 2.24) is 0 Å². The molecule has 0 spiro atoms. The van der Waals surface area contributed by atoms with Crippen molar-refractivity contribution < 1.29 is 13.0 Å². The Morgan fingerprint density at radius 1 is 1.21 bits per heavy atom. The van der Waals surface area contributed by atoms with Crippen molar-refractivity contribution in [3.05, 3.63) is 35.9 Å². The highest BCUT2D eigenvalue weighted by Crippen LogP contribution is 2.18. The maximum atomic E-state index is 10.4. The molecule has 1 aromatic rings. The summed E-state index contributed by atoms with van der Waals surface area (Å²) in [6.07, 6.45) is 0.385. The van der Waals surface area contributed by atoms with Crippen LogP contribution in [0.5, 0.6) is 0 Å². The second-order valence-electron chi connectivity index (χ2n) is 3.36. The Hall–Kier alpha value is -0.870. The molecule has 1 aromatic carbocycles. The fraction of sp³-hybridized carbons (Fsp3) is 0.400. The van der Waals surface area contributed by atoms with Crippen LogP contribution in [0.25, 0.3) is 0 Å². The van der Waals surface area contributed by atoms with Crippen LogP contribution in [0.3, 0.4) is 0 Å². The second-order valence-corrected chi connectivity index (χ2v) is 4.89. The van der Waals surface area contributed by atoms with Gasteiger partial charge in [0.1, 0.15) is 0 Å². The maximum absolute atomic E-state index is 10.4. The third-order valence-corrected chi connectivity index (χ3v) is 2.91. The smallest absolute Gasteiger partial charge is 0.197 e. The standard InChI is InChI=1S/C10H13O3S/c1-9(7-8-14(11,12)13)10-5-3-2-4-6-10/h2-6,9H,7-8H2,1H3. The largest absolute Gasteiger partial charge is 0.294 e. The van der Waals surface area contributed by atoms with Crippen molar-refractivity contribution in [2.45, 2.75) is 19.3 Å². The first-order chi connectivity index (χ1) is 6.49. The van der Waals surface area contributed by atoms with Gasteiger partial charge in [-0.2, -0.15) is 8.42 Å². The minimum atomic E-state index is -4.08. The lowest BCUT2D eigenvalue weighted by Gasteiger charge is -2.09. The molecule has 0 aliphatic heterocycles. The monoisotopic (exact) mass is 213 g/mol. The van der Waals surface area contributed by atoms with E-state index in [1.807, 2.05) is 37.3 Å². The molecule has 4 heteroatoms. The molecular formula is C10H13O3S. The average Bonchev–Trinajstić information content (AvgIpc) is 2.14. The van der Waals surface area contributed by atoms with Gasteiger partial charge in [0.05, 0.1) is 5.75 Å². The normalized spacial score (nSPS) is 13.9. The van der Waals surface area contributed by atoms with Gasteiger partial charge in [0.2, 0.25) is 0 Å². The van der Waals surface area contributed by atoms with Crippen LogP contribution in [-0.4, -0.2) is 14.2 Å². The van der Waals surface area contributed by atoms with E-state index in [2.05, 4.69) is 0 Å². The summed E-state index contributed by atoms with van der Waals surface area (Å²) in [4.78, 5) is 0. The number of benzene rings is 1. The molecule has 0 fully saturated rings. The number of rotatable bonds is 4. The van der Waals surface area contributed by atoms with Gasteiger partial charge in [0.25, 0.3) is 10.1 Å². The molecule has 1 rings (SSSR count). The quantitative estimate of drug-likeness (QED) is 0.767. The highest BCUT2D eigenvalue weighted by molar-refractivity contribution is 7.85. The van der Waals surface area contributed by atoms with Crippen LogP contribution in [0.15, 0.2) is 30.3 Å². The third kappa shape index (κ3) is 3.89. The molecule has 0 aromatic heterocycles. The Labute approximate surface area is 84.5 Å². The van der Waals surface area contributed by atoms with Gasteiger partial charge in [0, 0.05) is 0 Å². The molecule has 0 saturated carbocycles. The van der Waals surface area contributed by atoms with Gasteiger partial charge in [-0.05, 0) is 17.9 Å². The lowest BCUT2D eigenvalue weighted by molar-refractivity contribution is 0.411. The molecule has 0 aliphatic carbocycles. The van der Waals surface area contributed by atoms with Crippen LogP contribution in [0.2, 0.25) is 0 Å². The first-order valence-electron chi connectivity index (χ1n) is 4.47. The minimum absolute atomic E-state index is 0.111. The Bertz CT molecular complexity index is 370. The molecule has 1 unspecified atom stereocenters. The van der Waals surface area contributed by atoms with Crippen LogP contribution in [0.1, 0.15) is 24.8 Å². The second kappa shape index (κ2) is 4.57. The van der Waals surface area contributed by atoms with Gasteiger partial charge in [-0.25, -0.2) is 0 Å². The first-order valence-corrected chi connectivity index (χ1v) is 6.05. The summed E-state index contributed by atoms with van der Waals surface area (Å²) in [6.45, 7) is 1.92. The topological polar surface area (TPSA) is 54.0 Å². The molecule has 3 nitrogen and oxygen atoms in total. The molecule has 1 radical (unpaired) electrons. The number of hydrogen-bond acceptors (Lipinski definition) is 2. The summed E-state index contributed by atoms with van der Waals surface area (Å²) in [6, 6.07) is 9.57. The minimum Gasteiger partial charge on any atom is -0.197 e. The van der Waals surface area contributed by atoms with Gasteiger partial charge < -0.3 is 0 Å².